The summed E-state index contributed by atoms with van der Waals surface area (Å²) in [5, 5.41) is 9.90. The van der Waals surface area contributed by atoms with Crippen molar-refractivity contribution in [2.45, 2.75) is 32.5 Å². The Morgan fingerprint density at radius 1 is 0.968 bits per heavy atom. The molecule has 31 heavy (non-hydrogen) atoms. The zero-order valence-electron chi connectivity index (χ0n) is 17.9. The Bertz CT molecular complexity index is 950. The molecule has 0 aliphatic carbocycles. The van der Waals surface area contributed by atoms with Gasteiger partial charge in [0, 0.05) is 31.1 Å². The van der Waals surface area contributed by atoms with Crippen LogP contribution in [0, 0.1) is 0 Å². The number of aromatic nitrogens is 1. The lowest BCUT2D eigenvalue weighted by molar-refractivity contribution is 0.331. The number of thiazole rings is 1. The Kier molecular flexibility index (Phi) is 9.30. The summed E-state index contributed by atoms with van der Waals surface area (Å²) in [6, 6.07) is 19.2. The Morgan fingerprint density at radius 2 is 1.65 bits per heavy atom. The summed E-state index contributed by atoms with van der Waals surface area (Å²) in [5.74, 6) is 0.785. The van der Waals surface area contributed by atoms with E-state index in [1.54, 1.807) is 18.4 Å². The molecule has 0 amide bonds. The fourth-order valence-electron chi connectivity index (χ4n) is 3.66. The van der Waals surface area contributed by atoms with E-state index < -0.39 is 0 Å². The van der Waals surface area contributed by atoms with Crippen molar-refractivity contribution in [3.05, 3.63) is 76.1 Å². The highest BCUT2D eigenvalue weighted by Crippen LogP contribution is 2.21. The van der Waals surface area contributed by atoms with Crippen LogP contribution in [0.25, 0.3) is 11.3 Å². The maximum absolute atomic E-state index is 4.73. The summed E-state index contributed by atoms with van der Waals surface area (Å²) >= 11 is 1.67. The molecule has 0 atom stereocenters. The summed E-state index contributed by atoms with van der Waals surface area (Å²) < 4.78 is 0. The molecule has 5 nitrogen and oxygen atoms in total. The number of hydrogen-bond acceptors (Lipinski definition) is 4. The molecule has 1 saturated heterocycles. The van der Waals surface area contributed by atoms with Crippen LogP contribution in [0.1, 0.15) is 29.0 Å². The minimum Gasteiger partial charge on any atom is -0.352 e. The minimum absolute atomic E-state index is 0. The molecule has 1 fully saturated rings. The fraction of sp³-hybridized carbons (Fsp3) is 0.333. The fourth-order valence-corrected chi connectivity index (χ4v) is 4.40. The molecule has 0 radical (unpaired) electrons. The van der Waals surface area contributed by atoms with E-state index in [0.29, 0.717) is 6.54 Å². The highest BCUT2D eigenvalue weighted by molar-refractivity contribution is 14.0. The van der Waals surface area contributed by atoms with Crippen LogP contribution < -0.4 is 10.6 Å². The van der Waals surface area contributed by atoms with E-state index in [1.807, 2.05) is 18.2 Å². The third kappa shape index (κ3) is 7.02. The lowest BCUT2D eigenvalue weighted by Crippen LogP contribution is -2.36. The van der Waals surface area contributed by atoms with Crippen molar-refractivity contribution in [3.63, 3.8) is 0 Å². The second kappa shape index (κ2) is 12.2. The zero-order chi connectivity index (χ0) is 20.6. The first kappa shape index (κ1) is 23.7. The first-order valence-electron chi connectivity index (χ1n) is 10.5. The van der Waals surface area contributed by atoms with Crippen molar-refractivity contribution in [1.29, 1.82) is 0 Å². The molecule has 4 rings (SSSR count). The minimum atomic E-state index is 0. The number of rotatable bonds is 7. The first-order chi connectivity index (χ1) is 14.8. The van der Waals surface area contributed by atoms with Gasteiger partial charge < -0.3 is 10.6 Å². The topological polar surface area (TPSA) is 52.6 Å². The molecular formula is C24H30IN5S. The second-order valence-corrected chi connectivity index (χ2v) is 8.51. The van der Waals surface area contributed by atoms with Crippen LogP contribution in [0.5, 0.6) is 0 Å². The molecule has 2 N–H and O–H groups in total. The van der Waals surface area contributed by atoms with E-state index in [9.17, 15) is 0 Å². The first-order valence-corrected chi connectivity index (χ1v) is 11.4. The van der Waals surface area contributed by atoms with Crippen molar-refractivity contribution in [3.8, 4) is 11.3 Å². The predicted molar refractivity (Wildman–Crippen MR) is 141 cm³/mol. The average Bonchev–Trinajstić information content (AvgIpc) is 3.48. The third-order valence-corrected chi connectivity index (χ3v) is 6.19. The van der Waals surface area contributed by atoms with Crippen LogP contribution in [-0.2, 0) is 19.6 Å². The van der Waals surface area contributed by atoms with Crippen LogP contribution in [0.2, 0.25) is 0 Å². The molecule has 0 saturated carbocycles. The number of hydrogen-bond donors (Lipinski definition) is 2. The van der Waals surface area contributed by atoms with Crippen LogP contribution in [0.4, 0.5) is 0 Å². The largest absolute Gasteiger partial charge is 0.352 e. The van der Waals surface area contributed by atoms with Gasteiger partial charge in [-0.25, -0.2) is 4.98 Å². The van der Waals surface area contributed by atoms with Gasteiger partial charge in [0.1, 0.15) is 5.01 Å². The van der Waals surface area contributed by atoms with E-state index >= 15 is 0 Å². The Balaban J connectivity index is 0.00000272. The Morgan fingerprint density at radius 3 is 2.35 bits per heavy atom. The molecule has 1 aliphatic rings. The molecule has 0 spiro atoms. The van der Waals surface area contributed by atoms with Gasteiger partial charge in [-0.2, -0.15) is 0 Å². The summed E-state index contributed by atoms with van der Waals surface area (Å²) in [5.41, 5.74) is 4.81. The number of nitrogens with one attached hydrogen (secondary N) is 2. The maximum Gasteiger partial charge on any atom is 0.191 e. The number of likely N-dealkylation sites (tertiary alicyclic amines) is 1. The smallest absolute Gasteiger partial charge is 0.191 e. The summed E-state index contributed by atoms with van der Waals surface area (Å²) in [7, 11) is 1.80. The van der Waals surface area contributed by atoms with Gasteiger partial charge in [0.25, 0.3) is 0 Å². The Labute approximate surface area is 206 Å². The Hall–Kier alpha value is -1.97. The lowest BCUT2D eigenvalue weighted by Gasteiger charge is -2.15. The van der Waals surface area contributed by atoms with Gasteiger partial charge >= 0.3 is 0 Å². The highest BCUT2D eigenvalue weighted by atomic mass is 127. The van der Waals surface area contributed by atoms with Gasteiger partial charge in [0.05, 0.1) is 12.2 Å². The van der Waals surface area contributed by atoms with Crippen LogP contribution in [0.15, 0.2) is 65.0 Å². The summed E-state index contributed by atoms with van der Waals surface area (Å²) in [6.45, 7) is 4.94. The standard InChI is InChI=1S/C24H29N5S.HI/c1-25-24(27-16-23-28-22(18-30-23)21-7-3-2-4-8-21)26-15-19-9-11-20(12-10-19)17-29-13-5-6-14-29;/h2-4,7-12,18H,5-6,13-17H2,1H3,(H2,25,26,27);1H. The van der Waals surface area contributed by atoms with Crippen molar-refractivity contribution in [2.24, 2.45) is 4.99 Å². The average molecular weight is 548 g/mol. The third-order valence-electron chi connectivity index (χ3n) is 5.34. The van der Waals surface area contributed by atoms with Crippen molar-refractivity contribution >= 4 is 41.3 Å². The molecular weight excluding hydrogens is 517 g/mol. The highest BCUT2D eigenvalue weighted by Gasteiger charge is 2.11. The molecule has 2 aromatic carbocycles. The lowest BCUT2D eigenvalue weighted by atomic mass is 10.1. The van der Waals surface area contributed by atoms with Crippen molar-refractivity contribution in [2.75, 3.05) is 20.1 Å². The maximum atomic E-state index is 4.73. The number of nitrogens with zero attached hydrogens (tertiary/aromatic N) is 3. The van der Waals surface area contributed by atoms with Crippen LogP contribution in [-0.4, -0.2) is 36.0 Å². The van der Waals surface area contributed by atoms with E-state index in [0.717, 1.165) is 35.3 Å². The number of halogens is 1. The number of guanidine groups is 1. The van der Waals surface area contributed by atoms with Gasteiger partial charge in [-0.1, -0.05) is 54.6 Å². The molecule has 164 valence electrons. The predicted octanol–water partition coefficient (Wildman–Crippen LogP) is 4.89. The molecule has 0 bridgehead atoms. The monoisotopic (exact) mass is 547 g/mol. The molecule has 2 heterocycles. The number of aliphatic imine (C=N–C) groups is 1. The quantitative estimate of drug-likeness (QED) is 0.251. The molecule has 7 heteroatoms. The van der Waals surface area contributed by atoms with Gasteiger partial charge in [0.2, 0.25) is 0 Å². The van der Waals surface area contributed by atoms with E-state index in [1.165, 1.54) is 37.1 Å². The molecule has 1 aliphatic heterocycles. The summed E-state index contributed by atoms with van der Waals surface area (Å²) in [6.07, 6.45) is 2.67. The second-order valence-electron chi connectivity index (χ2n) is 7.57. The summed E-state index contributed by atoms with van der Waals surface area (Å²) in [4.78, 5) is 11.6. The van der Waals surface area contributed by atoms with E-state index in [-0.39, 0.29) is 24.0 Å². The van der Waals surface area contributed by atoms with E-state index in [2.05, 4.69) is 62.3 Å². The van der Waals surface area contributed by atoms with Gasteiger partial charge in [-0.3, -0.25) is 9.89 Å². The zero-order valence-corrected chi connectivity index (χ0v) is 21.0. The van der Waals surface area contributed by atoms with E-state index in [4.69, 9.17) is 4.98 Å². The molecule has 0 unspecified atom stereocenters. The van der Waals surface area contributed by atoms with Gasteiger partial charge in [0.15, 0.2) is 5.96 Å². The molecule has 3 aromatic rings. The number of benzene rings is 2. The van der Waals surface area contributed by atoms with Crippen molar-refractivity contribution < 1.29 is 0 Å². The van der Waals surface area contributed by atoms with Crippen LogP contribution in [0.3, 0.4) is 0 Å². The van der Waals surface area contributed by atoms with Crippen molar-refractivity contribution in [1.82, 2.24) is 20.5 Å². The van der Waals surface area contributed by atoms with Crippen LogP contribution >= 0.6 is 35.3 Å². The van der Waals surface area contributed by atoms with Gasteiger partial charge in [-0.05, 0) is 37.1 Å². The molecule has 1 aromatic heterocycles. The van der Waals surface area contributed by atoms with Gasteiger partial charge in [-0.15, -0.1) is 35.3 Å². The SMILES string of the molecule is CN=C(NCc1ccc(CN2CCCC2)cc1)NCc1nc(-c2ccccc2)cs1.I. The normalized spacial score (nSPS) is 14.3.